The lowest BCUT2D eigenvalue weighted by Crippen LogP contribution is -2.41. The van der Waals surface area contributed by atoms with Gasteiger partial charge in [-0.3, -0.25) is 0 Å². The first-order chi connectivity index (χ1) is 12.7. The zero-order valence-electron chi connectivity index (χ0n) is 16.4. The van der Waals surface area contributed by atoms with Crippen molar-refractivity contribution in [1.29, 1.82) is 0 Å². The smallest absolute Gasteiger partial charge is 0.452 e. The van der Waals surface area contributed by atoms with Gasteiger partial charge in [0, 0.05) is 12.2 Å². The number of ether oxygens (including phenoxy) is 2. The van der Waals surface area contributed by atoms with Gasteiger partial charge in [-0.05, 0) is 57.8 Å². The molecule has 1 fully saturated rings. The van der Waals surface area contributed by atoms with E-state index in [0.717, 1.165) is 16.6 Å². The molecule has 6 heteroatoms. The number of aryl methyl sites for hydroxylation is 1. The Hall–Kier alpha value is -1.89. The average Bonchev–Trinajstić information content (AvgIpc) is 2.83. The van der Waals surface area contributed by atoms with Crippen LogP contribution in [0.4, 0.5) is 0 Å². The Morgan fingerprint density at radius 2 is 1.48 bits per heavy atom. The molecule has 1 aliphatic rings. The lowest BCUT2D eigenvalue weighted by Gasteiger charge is -2.32. The van der Waals surface area contributed by atoms with Crippen LogP contribution in [0.25, 0.3) is 0 Å². The van der Waals surface area contributed by atoms with Gasteiger partial charge in [0.1, 0.15) is 12.4 Å². The van der Waals surface area contributed by atoms with E-state index < -0.39 is 0 Å². The Bertz CT molecular complexity index is 784. The third-order valence-corrected chi connectivity index (χ3v) is 5.29. The quantitative estimate of drug-likeness (QED) is 0.584. The molecule has 0 radical (unpaired) electrons. The predicted octanol–water partition coefficient (Wildman–Crippen LogP) is 4.17. The van der Waals surface area contributed by atoms with E-state index >= 15 is 0 Å². The summed E-state index contributed by atoms with van der Waals surface area (Å²) in [5.41, 5.74) is 2.44. The van der Waals surface area contributed by atoms with E-state index in [9.17, 15) is 0 Å². The van der Waals surface area contributed by atoms with E-state index in [1.54, 1.807) is 0 Å². The summed E-state index contributed by atoms with van der Waals surface area (Å²) in [6, 6.07) is 15.6. The third kappa shape index (κ3) is 4.70. The molecule has 0 bridgehead atoms. The average molecular weight is 384 g/mol. The molecule has 0 aliphatic carbocycles. The van der Waals surface area contributed by atoms with Gasteiger partial charge in [0.05, 0.1) is 11.2 Å². The van der Waals surface area contributed by atoms with Crippen LogP contribution in [0, 0.1) is 6.92 Å². The van der Waals surface area contributed by atoms with Crippen LogP contribution in [0.1, 0.15) is 38.8 Å². The normalized spacial score (nSPS) is 17.6. The second-order valence-corrected chi connectivity index (χ2v) is 8.12. The van der Waals surface area contributed by atoms with Gasteiger partial charge in [0.2, 0.25) is 0 Å². The SMILES string of the molecule is Cc1ccc(OC(=S)OCc2ccc(B3OC(C)(C)C(C)(C)O3)cc2)cc1. The number of hydrogen-bond acceptors (Lipinski definition) is 5. The fraction of sp³-hybridized carbons (Fsp3) is 0.381. The molecule has 0 atom stereocenters. The summed E-state index contributed by atoms with van der Waals surface area (Å²) in [5.74, 6) is 0.668. The van der Waals surface area contributed by atoms with Crippen LogP contribution in [0.2, 0.25) is 0 Å². The molecule has 0 amide bonds. The van der Waals surface area contributed by atoms with Crippen molar-refractivity contribution in [2.45, 2.75) is 52.4 Å². The molecule has 1 heterocycles. The Labute approximate surface area is 166 Å². The summed E-state index contributed by atoms with van der Waals surface area (Å²) < 4.78 is 23.2. The molecular formula is C21H25BO4S. The molecule has 1 saturated heterocycles. The van der Waals surface area contributed by atoms with Crippen LogP contribution >= 0.6 is 12.2 Å². The summed E-state index contributed by atoms with van der Waals surface area (Å²) in [4.78, 5) is 0. The number of hydrogen-bond donors (Lipinski definition) is 0. The van der Waals surface area contributed by atoms with E-state index in [-0.39, 0.29) is 23.6 Å². The molecule has 2 aromatic carbocycles. The van der Waals surface area contributed by atoms with E-state index in [1.807, 2.05) is 83.1 Å². The zero-order valence-corrected chi connectivity index (χ0v) is 17.3. The predicted molar refractivity (Wildman–Crippen MR) is 111 cm³/mol. The number of rotatable bonds is 4. The first-order valence-corrected chi connectivity index (χ1v) is 9.43. The second kappa shape index (κ2) is 7.62. The van der Waals surface area contributed by atoms with Gasteiger partial charge in [-0.15, -0.1) is 0 Å². The molecule has 2 aromatic rings. The van der Waals surface area contributed by atoms with Crippen molar-refractivity contribution in [3.8, 4) is 5.75 Å². The summed E-state index contributed by atoms with van der Waals surface area (Å²) in [5, 5.41) is 0.105. The summed E-state index contributed by atoms with van der Waals surface area (Å²) >= 11 is 5.15. The van der Waals surface area contributed by atoms with Gasteiger partial charge in [0.25, 0.3) is 0 Å². The molecule has 142 valence electrons. The molecular weight excluding hydrogens is 359 g/mol. The molecule has 4 nitrogen and oxygen atoms in total. The Morgan fingerprint density at radius 3 is 2.04 bits per heavy atom. The monoisotopic (exact) mass is 384 g/mol. The van der Waals surface area contributed by atoms with Crippen LogP contribution in [0.5, 0.6) is 5.75 Å². The standard InChI is InChI=1S/C21H25BO4S/c1-15-6-12-18(13-7-15)24-19(27)23-14-16-8-10-17(11-9-16)22-25-20(2,3)21(4,5)26-22/h6-13H,14H2,1-5H3. The molecule has 27 heavy (non-hydrogen) atoms. The van der Waals surface area contributed by atoms with Gasteiger partial charge in [-0.1, -0.05) is 42.0 Å². The highest BCUT2D eigenvalue weighted by Gasteiger charge is 2.51. The van der Waals surface area contributed by atoms with Gasteiger partial charge in [-0.2, -0.15) is 0 Å². The second-order valence-electron chi connectivity index (χ2n) is 7.78. The van der Waals surface area contributed by atoms with E-state index in [2.05, 4.69) is 0 Å². The minimum Gasteiger partial charge on any atom is -0.452 e. The van der Waals surface area contributed by atoms with Gasteiger partial charge >= 0.3 is 12.4 Å². The van der Waals surface area contributed by atoms with Crippen LogP contribution in [0.3, 0.4) is 0 Å². The molecule has 0 aromatic heterocycles. The lowest BCUT2D eigenvalue weighted by molar-refractivity contribution is 0.00578. The fourth-order valence-electron chi connectivity index (χ4n) is 2.62. The fourth-order valence-corrected chi connectivity index (χ4v) is 2.78. The van der Waals surface area contributed by atoms with E-state index in [1.165, 1.54) is 0 Å². The van der Waals surface area contributed by atoms with E-state index in [4.69, 9.17) is 31.0 Å². The highest BCUT2D eigenvalue weighted by Crippen LogP contribution is 2.36. The van der Waals surface area contributed by atoms with Crippen molar-refractivity contribution in [3.63, 3.8) is 0 Å². The Morgan fingerprint density at radius 1 is 0.926 bits per heavy atom. The summed E-state index contributed by atoms with van der Waals surface area (Å²) in [7, 11) is -0.365. The number of thiocarbonyl (C=S) groups is 1. The van der Waals surface area contributed by atoms with Crippen molar-refractivity contribution in [2.75, 3.05) is 0 Å². The first-order valence-electron chi connectivity index (χ1n) is 9.02. The highest BCUT2D eigenvalue weighted by atomic mass is 32.1. The zero-order chi connectivity index (χ0) is 19.7. The van der Waals surface area contributed by atoms with Gasteiger partial charge in [-0.25, -0.2) is 0 Å². The van der Waals surface area contributed by atoms with Crippen LogP contribution in [0.15, 0.2) is 48.5 Å². The van der Waals surface area contributed by atoms with E-state index in [0.29, 0.717) is 12.4 Å². The Balaban J connectivity index is 1.54. The molecule has 0 unspecified atom stereocenters. The first kappa shape index (κ1) is 19.9. The largest absolute Gasteiger partial charge is 0.494 e. The highest BCUT2D eigenvalue weighted by molar-refractivity contribution is 7.79. The van der Waals surface area contributed by atoms with Gasteiger partial charge < -0.3 is 18.8 Å². The van der Waals surface area contributed by atoms with Crippen molar-refractivity contribution in [2.24, 2.45) is 0 Å². The summed E-state index contributed by atoms with van der Waals surface area (Å²) in [6.45, 7) is 10.5. The topological polar surface area (TPSA) is 36.9 Å². The molecule has 0 N–H and O–H groups in total. The maximum Gasteiger partial charge on any atom is 0.494 e. The van der Waals surface area contributed by atoms with Crippen molar-refractivity contribution in [1.82, 2.24) is 0 Å². The lowest BCUT2D eigenvalue weighted by atomic mass is 9.79. The van der Waals surface area contributed by atoms with Crippen LogP contribution < -0.4 is 10.2 Å². The van der Waals surface area contributed by atoms with Crippen molar-refractivity contribution < 1.29 is 18.8 Å². The molecule has 1 aliphatic heterocycles. The maximum atomic E-state index is 6.07. The summed E-state index contributed by atoms with van der Waals surface area (Å²) in [6.07, 6.45) is 0. The van der Waals surface area contributed by atoms with Crippen LogP contribution in [-0.4, -0.2) is 23.6 Å². The Kier molecular flexibility index (Phi) is 5.61. The van der Waals surface area contributed by atoms with Crippen molar-refractivity contribution in [3.05, 3.63) is 59.7 Å². The third-order valence-electron chi connectivity index (χ3n) is 5.08. The number of benzene rings is 2. The molecule has 0 saturated carbocycles. The molecule has 0 spiro atoms. The maximum absolute atomic E-state index is 6.07. The van der Waals surface area contributed by atoms with Crippen LogP contribution in [-0.2, 0) is 20.7 Å². The minimum absolute atomic E-state index is 0.105. The van der Waals surface area contributed by atoms with Gasteiger partial charge in [0.15, 0.2) is 0 Å². The molecule has 3 rings (SSSR count). The van der Waals surface area contributed by atoms with Crippen molar-refractivity contribution >= 4 is 30.0 Å². The minimum atomic E-state index is -0.365.